The molecule has 31 heavy (non-hydrogen) atoms. The lowest BCUT2D eigenvalue weighted by atomic mass is 9.92. The quantitative estimate of drug-likeness (QED) is 0.582. The van der Waals surface area contributed by atoms with Crippen LogP contribution in [0, 0.1) is 23.2 Å². The number of hydrogen-bond acceptors (Lipinski definition) is 5. The molecule has 3 aliphatic rings. The lowest BCUT2D eigenvalue weighted by molar-refractivity contribution is -0.129. The molecule has 1 saturated carbocycles. The average molecular weight is 422 g/mol. The van der Waals surface area contributed by atoms with Crippen molar-refractivity contribution in [3.8, 4) is 6.07 Å². The highest BCUT2D eigenvalue weighted by Crippen LogP contribution is 2.34. The van der Waals surface area contributed by atoms with Gasteiger partial charge in [0.2, 0.25) is 17.7 Å². The molecule has 162 valence electrons. The molecule has 1 aromatic heterocycles. The van der Waals surface area contributed by atoms with Gasteiger partial charge in [-0.05, 0) is 54.9 Å². The van der Waals surface area contributed by atoms with E-state index in [9.17, 15) is 19.6 Å². The average Bonchev–Trinajstić information content (AvgIpc) is 3.48. The SMILES string of the molecule is N#C[C@H](C[C@@H]1CCCNC1=O)NC(=O)[C@H](CC1CC1)NC(=O)C1=Cc2cnccc2C1. The number of fused-ring (bicyclic) bond motifs is 1. The van der Waals surface area contributed by atoms with Crippen LogP contribution in [0.2, 0.25) is 0 Å². The molecule has 0 bridgehead atoms. The first-order valence-electron chi connectivity index (χ1n) is 11.0. The number of hydrogen-bond donors (Lipinski definition) is 3. The predicted molar refractivity (Wildman–Crippen MR) is 113 cm³/mol. The van der Waals surface area contributed by atoms with Crippen molar-refractivity contribution < 1.29 is 14.4 Å². The van der Waals surface area contributed by atoms with E-state index >= 15 is 0 Å². The number of nitrogens with one attached hydrogen (secondary N) is 3. The minimum Gasteiger partial charge on any atom is -0.356 e. The van der Waals surface area contributed by atoms with Crippen molar-refractivity contribution in [2.45, 2.75) is 57.0 Å². The van der Waals surface area contributed by atoms with Gasteiger partial charge < -0.3 is 16.0 Å². The van der Waals surface area contributed by atoms with Crippen molar-refractivity contribution in [3.63, 3.8) is 0 Å². The van der Waals surface area contributed by atoms with Crippen LogP contribution in [0.5, 0.6) is 0 Å². The van der Waals surface area contributed by atoms with Crippen molar-refractivity contribution in [2.24, 2.45) is 11.8 Å². The van der Waals surface area contributed by atoms with Gasteiger partial charge in [0.05, 0.1) is 6.07 Å². The van der Waals surface area contributed by atoms with E-state index in [1.165, 1.54) is 0 Å². The van der Waals surface area contributed by atoms with E-state index in [0.29, 0.717) is 37.3 Å². The summed E-state index contributed by atoms with van der Waals surface area (Å²) >= 11 is 0. The van der Waals surface area contributed by atoms with Gasteiger partial charge in [-0.15, -0.1) is 0 Å². The Morgan fingerprint density at radius 1 is 1.26 bits per heavy atom. The maximum absolute atomic E-state index is 13.0. The van der Waals surface area contributed by atoms with Crippen LogP contribution < -0.4 is 16.0 Å². The first-order chi connectivity index (χ1) is 15.0. The molecule has 2 fully saturated rings. The smallest absolute Gasteiger partial charge is 0.248 e. The summed E-state index contributed by atoms with van der Waals surface area (Å²) in [7, 11) is 0. The molecule has 3 atom stereocenters. The van der Waals surface area contributed by atoms with Crippen LogP contribution in [0.3, 0.4) is 0 Å². The van der Waals surface area contributed by atoms with E-state index in [2.05, 4.69) is 27.0 Å². The monoisotopic (exact) mass is 421 g/mol. The van der Waals surface area contributed by atoms with Crippen molar-refractivity contribution in [1.29, 1.82) is 5.26 Å². The third-order valence-electron chi connectivity index (χ3n) is 6.23. The van der Waals surface area contributed by atoms with E-state index in [1.807, 2.05) is 12.1 Å². The number of aromatic nitrogens is 1. The fourth-order valence-electron chi connectivity index (χ4n) is 4.25. The number of nitriles is 1. The number of carbonyl (C=O) groups excluding carboxylic acids is 3. The first kappa shape index (κ1) is 21.0. The molecule has 8 nitrogen and oxygen atoms in total. The van der Waals surface area contributed by atoms with E-state index in [-0.39, 0.29) is 30.1 Å². The highest BCUT2D eigenvalue weighted by atomic mass is 16.2. The Labute approximate surface area is 181 Å². The highest BCUT2D eigenvalue weighted by Gasteiger charge is 2.33. The molecule has 0 spiro atoms. The largest absolute Gasteiger partial charge is 0.356 e. The first-order valence-corrected chi connectivity index (χ1v) is 11.0. The molecule has 0 radical (unpaired) electrons. The van der Waals surface area contributed by atoms with Gasteiger partial charge in [-0.2, -0.15) is 5.26 Å². The summed E-state index contributed by atoms with van der Waals surface area (Å²) in [6, 6.07) is 2.53. The topological polar surface area (TPSA) is 124 Å². The van der Waals surface area contributed by atoms with E-state index in [1.54, 1.807) is 12.4 Å². The fraction of sp³-hybridized carbons (Fsp3) is 0.522. The molecule has 1 saturated heterocycles. The van der Waals surface area contributed by atoms with Crippen LogP contribution in [0.15, 0.2) is 24.0 Å². The third-order valence-corrected chi connectivity index (χ3v) is 6.23. The lowest BCUT2D eigenvalue weighted by Crippen LogP contribution is -2.51. The molecule has 3 N–H and O–H groups in total. The molecule has 0 aromatic carbocycles. The number of nitrogens with zero attached hydrogens (tertiary/aromatic N) is 2. The molecule has 3 amide bonds. The normalized spacial score (nSPS) is 21.7. The summed E-state index contributed by atoms with van der Waals surface area (Å²) in [5, 5.41) is 18.0. The van der Waals surface area contributed by atoms with Gasteiger partial charge in [0.1, 0.15) is 12.1 Å². The summed E-state index contributed by atoms with van der Waals surface area (Å²) in [6.07, 6.45) is 10.3. The van der Waals surface area contributed by atoms with E-state index in [0.717, 1.165) is 30.4 Å². The van der Waals surface area contributed by atoms with Gasteiger partial charge in [-0.25, -0.2) is 0 Å². The minimum atomic E-state index is -0.763. The molecular formula is C23H27N5O3. The second-order valence-electron chi connectivity index (χ2n) is 8.68. The van der Waals surface area contributed by atoms with Gasteiger partial charge in [0.25, 0.3) is 0 Å². The zero-order chi connectivity index (χ0) is 21.8. The van der Waals surface area contributed by atoms with E-state index < -0.39 is 12.1 Å². The number of piperidine rings is 1. The molecule has 1 aromatic rings. The van der Waals surface area contributed by atoms with Crippen LogP contribution in [0.4, 0.5) is 0 Å². The van der Waals surface area contributed by atoms with Crippen molar-refractivity contribution >= 4 is 23.8 Å². The molecular weight excluding hydrogens is 394 g/mol. The van der Waals surface area contributed by atoms with Crippen molar-refractivity contribution in [1.82, 2.24) is 20.9 Å². The zero-order valence-electron chi connectivity index (χ0n) is 17.4. The van der Waals surface area contributed by atoms with Crippen LogP contribution in [0.1, 0.15) is 49.7 Å². The van der Waals surface area contributed by atoms with Gasteiger partial charge in [0, 0.05) is 36.9 Å². The van der Waals surface area contributed by atoms with Crippen LogP contribution in [-0.2, 0) is 20.8 Å². The maximum atomic E-state index is 13.0. The second kappa shape index (κ2) is 9.29. The third kappa shape index (κ3) is 5.29. The molecule has 0 unspecified atom stereocenters. The Bertz CT molecular complexity index is 947. The second-order valence-corrected chi connectivity index (χ2v) is 8.68. The van der Waals surface area contributed by atoms with Crippen LogP contribution >= 0.6 is 0 Å². The molecule has 4 rings (SSSR count). The standard InChI is InChI=1S/C23H27N5O3/c24-12-19(11-16-2-1-6-26-21(16)29)27-23(31)20(8-14-3-4-14)28-22(30)17-9-15-5-7-25-13-18(15)10-17/h5,7,10,13-14,16,19-20H,1-4,6,8-9,11H2,(H,26,29)(H,27,31)(H,28,30)/t16-,19-,20-/m0/s1. The molecule has 2 heterocycles. The van der Waals surface area contributed by atoms with Gasteiger partial charge >= 0.3 is 0 Å². The molecule has 1 aliphatic heterocycles. The Morgan fingerprint density at radius 3 is 2.81 bits per heavy atom. The van der Waals surface area contributed by atoms with E-state index in [4.69, 9.17) is 0 Å². The minimum absolute atomic E-state index is 0.0641. The number of carbonyl (C=O) groups is 3. The Hall–Kier alpha value is -3.21. The van der Waals surface area contributed by atoms with Gasteiger partial charge in [-0.1, -0.05) is 12.8 Å². The molecule has 8 heteroatoms. The highest BCUT2D eigenvalue weighted by molar-refractivity contribution is 6.02. The summed E-state index contributed by atoms with van der Waals surface area (Å²) in [6.45, 7) is 0.657. The summed E-state index contributed by atoms with van der Waals surface area (Å²) in [5.41, 5.74) is 2.57. The number of amides is 3. The van der Waals surface area contributed by atoms with Crippen molar-refractivity contribution in [3.05, 3.63) is 35.2 Å². The Morgan fingerprint density at radius 2 is 2.10 bits per heavy atom. The lowest BCUT2D eigenvalue weighted by Gasteiger charge is -2.25. The Kier molecular flexibility index (Phi) is 6.31. The maximum Gasteiger partial charge on any atom is 0.248 e. The summed E-state index contributed by atoms with van der Waals surface area (Å²) in [5.74, 6) is -0.547. The fourth-order valence-corrected chi connectivity index (χ4v) is 4.25. The predicted octanol–water partition coefficient (Wildman–Crippen LogP) is 1.23. The summed E-state index contributed by atoms with van der Waals surface area (Å²) < 4.78 is 0. The molecule has 2 aliphatic carbocycles. The van der Waals surface area contributed by atoms with Gasteiger partial charge in [-0.3, -0.25) is 19.4 Å². The summed E-state index contributed by atoms with van der Waals surface area (Å²) in [4.78, 5) is 41.9. The number of pyridine rings is 1. The van der Waals surface area contributed by atoms with Gasteiger partial charge in [0.15, 0.2) is 0 Å². The number of rotatable bonds is 8. The van der Waals surface area contributed by atoms with Crippen LogP contribution in [-0.4, -0.2) is 41.3 Å². The Balaban J connectivity index is 1.37. The zero-order valence-corrected chi connectivity index (χ0v) is 17.4. The van der Waals surface area contributed by atoms with Crippen LogP contribution in [0.25, 0.3) is 6.08 Å². The van der Waals surface area contributed by atoms with Crippen molar-refractivity contribution in [2.75, 3.05) is 6.54 Å².